The number of allylic oxidation sites excluding steroid dienone is 2. The highest BCUT2D eigenvalue weighted by molar-refractivity contribution is 5.80. The SMILES string of the molecule is CC(C)c1nccn1C(C)C(=O)N1C[C@H]2CC=CC[C@H]2C1. The van der Waals surface area contributed by atoms with Crippen molar-refractivity contribution in [1.29, 1.82) is 0 Å². The van der Waals surface area contributed by atoms with Gasteiger partial charge in [-0.3, -0.25) is 4.79 Å². The summed E-state index contributed by atoms with van der Waals surface area (Å²) >= 11 is 0. The summed E-state index contributed by atoms with van der Waals surface area (Å²) in [4.78, 5) is 19.3. The minimum atomic E-state index is -0.155. The zero-order valence-electron chi connectivity index (χ0n) is 13.2. The molecule has 4 heteroatoms. The number of aromatic nitrogens is 2. The molecule has 3 rings (SSSR count). The zero-order chi connectivity index (χ0) is 15.0. The average Bonchev–Trinajstić information content (AvgIpc) is 3.11. The minimum Gasteiger partial charge on any atom is -0.340 e. The van der Waals surface area contributed by atoms with E-state index in [1.165, 1.54) is 0 Å². The van der Waals surface area contributed by atoms with Gasteiger partial charge in [-0.05, 0) is 31.6 Å². The summed E-state index contributed by atoms with van der Waals surface area (Å²) in [6, 6.07) is -0.155. The van der Waals surface area contributed by atoms with Crippen molar-refractivity contribution < 1.29 is 4.79 Å². The van der Waals surface area contributed by atoms with Crippen LogP contribution in [0.3, 0.4) is 0 Å². The van der Waals surface area contributed by atoms with Crippen LogP contribution >= 0.6 is 0 Å². The molecule has 0 radical (unpaired) electrons. The molecule has 0 bridgehead atoms. The van der Waals surface area contributed by atoms with Gasteiger partial charge in [0.25, 0.3) is 0 Å². The lowest BCUT2D eigenvalue weighted by Gasteiger charge is -2.23. The molecule has 1 aliphatic carbocycles. The van der Waals surface area contributed by atoms with E-state index < -0.39 is 0 Å². The van der Waals surface area contributed by atoms with E-state index in [4.69, 9.17) is 0 Å². The van der Waals surface area contributed by atoms with Crippen LogP contribution in [0.5, 0.6) is 0 Å². The van der Waals surface area contributed by atoms with Crippen molar-refractivity contribution in [3.05, 3.63) is 30.4 Å². The normalized spacial score (nSPS) is 26.2. The molecule has 2 aliphatic rings. The first-order valence-electron chi connectivity index (χ1n) is 8.04. The summed E-state index contributed by atoms with van der Waals surface area (Å²) in [6.45, 7) is 8.07. The summed E-state index contributed by atoms with van der Waals surface area (Å²) in [7, 11) is 0. The number of likely N-dealkylation sites (tertiary alicyclic amines) is 1. The summed E-state index contributed by atoms with van der Waals surface area (Å²) in [5, 5.41) is 0. The highest BCUT2D eigenvalue weighted by Crippen LogP contribution is 2.34. The fraction of sp³-hybridized carbons (Fsp3) is 0.647. The van der Waals surface area contributed by atoms with Crippen molar-refractivity contribution in [2.75, 3.05) is 13.1 Å². The molecule has 3 atom stereocenters. The van der Waals surface area contributed by atoms with Gasteiger partial charge in [0.1, 0.15) is 11.9 Å². The second-order valence-corrected chi connectivity index (χ2v) is 6.73. The molecule has 1 fully saturated rings. The van der Waals surface area contributed by atoms with Crippen LogP contribution in [-0.4, -0.2) is 33.4 Å². The number of hydrogen-bond donors (Lipinski definition) is 0. The molecule has 1 saturated heterocycles. The van der Waals surface area contributed by atoms with Crippen molar-refractivity contribution in [3.8, 4) is 0 Å². The van der Waals surface area contributed by atoms with E-state index in [1.54, 1.807) is 6.20 Å². The molecule has 0 N–H and O–H groups in total. The van der Waals surface area contributed by atoms with Crippen LogP contribution in [0.15, 0.2) is 24.5 Å². The summed E-state index contributed by atoms with van der Waals surface area (Å²) in [5.41, 5.74) is 0. The quantitative estimate of drug-likeness (QED) is 0.802. The zero-order valence-corrected chi connectivity index (χ0v) is 13.2. The van der Waals surface area contributed by atoms with Crippen LogP contribution < -0.4 is 0 Å². The Kier molecular flexibility index (Phi) is 3.87. The van der Waals surface area contributed by atoms with Crippen LogP contribution in [0.25, 0.3) is 0 Å². The molecule has 0 saturated carbocycles. The number of rotatable bonds is 3. The second-order valence-electron chi connectivity index (χ2n) is 6.73. The van der Waals surface area contributed by atoms with Gasteiger partial charge in [-0.2, -0.15) is 0 Å². The molecular weight excluding hydrogens is 262 g/mol. The standard InChI is InChI=1S/C17H25N3O/c1-12(2)16-18-8-9-20(16)13(3)17(21)19-10-14-6-4-5-7-15(14)11-19/h4-5,8-9,12-15H,6-7,10-11H2,1-3H3/t13?,14-,15+. The lowest BCUT2D eigenvalue weighted by molar-refractivity contribution is -0.133. The minimum absolute atomic E-state index is 0.155. The number of hydrogen-bond acceptors (Lipinski definition) is 2. The van der Waals surface area contributed by atoms with E-state index in [0.29, 0.717) is 17.8 Å². The van der Waals surface area contributed by atoms with Gasteiger partial charge < -0.3 is 9.47 Å². The molecule has 4 nitrogen and oxygen atoms in total. The second kappa shape index (κ2) is 5.66. The van der Waals surface area contributed by atoms with Crippen molar-refractivity contribution in [2.45, 2.75) is 45.6 Å². The van der Waals surface area contributed by atoms with Crippen molar-refractivity contribution in [3.63, 3.8) is 0 Å². The Morgan fingerprint density at radius 3 is 2.38 bits per heavy atom. The number of nitrogens with zero attached hydrogens (tertiary/aromatic N) is 3. The Labute approximate surface area is 126 Å². The van der Waals surface area contributed by atoms with Crippen molar-refractivity contribution >= 4 is 5.91 Å². The number of carbonyl (C=O) groups excluding carboxylic acids is 1. The summed E-state index contributed by atoms with van der Waals surface area (Å²) in [6.07, 6.45) is 10.5. The van der Waals surface area contributed by atoms with Gasteiger partial charge in [0, 0.05) is 31.4 Å². The molecule has 1 amide bonds. The maximum atomic E-state index is 12.8. The van der Waals surface area contributed by atoms with Gasteiger partial charge in [0.15, 0.2) is 0 Å². The van der Waals surface area contributed by atoms with E-state index in [-0.39, 0.29) is 11.9 Å². The maximum Gasteiger partial charge on any atom is 0.245 e. The van der Waals surface area contributed by atoms with E-state index in [0.717, 1.165) is 31.8 Å². The number of fused-ring (bicyclic) bond motifs is 1. The van der Waals surface area contributed by atoms with Gasteiger partial charge >= 0.3 is 0 Å². The van der Waals surface area contributed by atoms with Gasteiger partial charge in [0.05, 0.1) is 0 Å². The van der Waals surface area contributed by atoms with Gasteiger partial charge in [-0.1, -0.05) is 26.0 Å². The first-order valence-corrected chi connectivity index (χ1v) is 8.04. The first-order chi connectivity index (χ1) is 10.1. The molecule has 21 heavy (non-hydrogen) atoms. The Morgan fingerprint density at radius 2 is 1.81 bits per heavy atom. The summed E-state index contributed by atoms with van der Waals surface area (Å²) in [5.74, 6) is 2.90. The van der Waals surface area contributed by atoms with Crippen LogP contribution in [0.2, 0.25) is 0 Å². The largest absolute Gasteiger partial charge is 0.340 e. The molecule has 1 aliphatic heterocycles. The van der Waals surface area contributed by atoms with Crippen LogP contribution in [-0.2, 0) is 4.79 Å². The molecule has 1 aromatic heterocycles. The predicted octanol–water partition coefficient (Wildman–Crippen LogP) is 2.99. The molecule has 1 unspecified atom stereocenters. The van der Waals surface area contributed by atoms with E-state index in [2.05, 4.69) is 35.9 Å². The smallest absolute Gasteiger partial charge is 0.245 e. The maximum absolute atomic E-state index is 12.8. The van der Waals surface area contributed by atoms with Gasteiger partial charge in [0.2, 0.25) is 5.91 Å². The lowest BCUT2D eigenvalue weighted by atomic mass is 9.86. The Bertz CT molecular complexity index is 530. The molecule has 0 spiro atoms. The Hall–Kier alpha value is -1.58. The number of imidazole rings is 1. The molecule has 2 heterocycles. The average molecular weight is 287 g/mol. The van der Waals surface area contributed by atoms with Gasteiger partial charge in [-0.25, -0.2) is 4.98 Å². The van der Waals surface area contributed by atoms with E-state index in [9.17, 15) is 4.79 Å². The number of carbonyl (C=O) groups is 1. The van der Waals surface area contributed by atoms with Crippen LogP contribution in [0.1, 0.15) is 51.4 Å². The Balaban J connectivity index is 1.72. The van der Waals surface area contributed by atoms with Crippen LogP contribution in [0, 0.1) is 11.8 Å². The predicted molar refractivity (Wildman–Crippen MR) is 83.0 cm³/mol. The molecule has 1 aromatic rings. The highest BCUT2D eigenvalue weighted by atomic mass is 16.2. The lowest BCUT2D eigenvalue weighted by Crippen LogP contribution is -2.35. The molecule has 114 valence electrons. The monoisotopic (exact) mass is 287 g/mol. The van der Waals surface area contributed by atoms with Gasteiger partial charge in [-0.15, -0.1) is 0 Å². The van der Waals surface area contributed by atoms with Crippen molar-refractivity contribution in [1.82, 2.24) is 14.5 Å². The topological polar surface area (TPSA) is 38.1 Å². The number of amides is 1. The fourth-order valence-corrected chi connectivity index (χ4v) is 3.68. The summed E-state index contributed by atoms with van der Waals surface area (Å²) < 4.78 is 2.03. The fourth-order valence-electron chi connectivity index (χ4n) is 3.68. The Morgan fingerprint density at radius 1 is 1.19 bits per heavy atom. The van der Waals surface area contributed by atoms with E-state index in [1.807, 2.05) is 17.7 Å². The first kappa shape index (κ1) is 14.4. The third-order valence-electron chi connectivity index (χ3n) is 4.92. The highest BCUT2D eigenvalue weighted by Gasteiger charge is 2.37. The third-order valence-corrected chi connectivity index (χ3v) is 4.92. The molecule has 0 aromatic carbocycles. The van der Waals surface area contributed by atoms with Crippen LogP contribution in [0.4, 0.5) is 0 Å². The van der Waals surface area contributed by atoms with E-state index >= 15 is 0 Å². The molecular formula is C17H25N3O. The third kappa shape index (κ3) is 2.63. The van der Waals surface area contributed by atoms with Crippen molar-refractivity contribution in [2.24, 2.45) is 11.8 Å².